The first-order valence-corrected chi connectivity index (χ1v) is 9.18. The van der Waals surface area contributed by atoms with Crippen molar-refractivity contribution in [3.05, 3.63) is 53.7 Å². The Kier molecular flexibility index (Phi) is 6.38. The molecule has 1 N–H and O–H groups in total. The van der Waals surface area contributed by atoms with Crippen LogP contribution in [0.4, 0.5) is 19.0 Å². The fourth-order valence-electron chi connectivity index (χ4n) is 2.99. The number of carbonyl (C=O) groups excluding carboxylic acids is 1. The molecule has 0 unspecified atom stereocenters. The molecule has 28 heavy (non-hydrogen) atoms. The van der Waals surface area contributed by atoms with Gasteiger partial charge in [0.1, 0.15) is 11.6 Å². The number of carbonyl (C=O) groups is 1. The predicted molar refractivity (Wildman–Crippen MR) is 99.1 cm³/mol. The maximum absolute atomic E-state index is 12.7. The Morgan fingerprint density at radius 1 is 1.14 bits per heavy atom. The zero-order chi connectivity index (χ0) is 20.0. The minimum absolute atomic E-state index is 0.00229. The summed E-state index contributed by atoms with van der Waals surface area (Å²) in [5.74, 6) is 0.512. The highest BCUT2D eigenvalue weighted by atomic mass is 19.4. The van der Waals surface area contributed by atoms with Crippen molar-refractivity contribution in [3.63, 3.8) is 0 Å². The highest BCUT2D eigenvalue weighted by Crippen LogP contribution is 2.31. The molecular weight excluding hydrogens is 371 g/mol. The lowest BCUT2D eigenvalue weighted by Gasteiger charge is -2.27. The number of aromatic nitrogens is 1. The molecule has 1 aliphatic heterocycles. The van der Waals surface area contributed by atoms with Gasteiger partial charge in [-0.2, -0.15) is 13.2 Å². The molecule has 150 valence electrons. The van der Waals surface area contributed by atoms with E-state index in [4.69, 9.17) is 4.74 Å². The third kappa shape index (κ3) is 5.61. The summed E-state index contributed by atoms with van der Waals surface area (Å²) in [7, 11) is 0. The van der Waals surface area contributed by atoms with Gasteiger partial charge in [-0.05, 0) is 49.1 Å². The first-order chi connectivity index (χ1) is 13.4. The van der Waals surface area contributed by atoms with Gasteiger partial charge < -0.3 is 15.0 Å². The number of anilines is 1. The second-order valence-electron chi connectivity index (χ2n) is 6.66. The van der Waals surface area contributed by atoms with Crippen molar-refractivity contribution in [2.45, 2.75) is 32.0 Å². The lowest BCUT2D eigenvalue weighted by atomic mass is 10.1. The summed E-state index contributed by atoms with van der Waals surface area (Å²) in [6, 6.07) is 8.29. The monoisotopic (exact) mass is 393 g/mol. The van der Waals surface area contributed by atoms with Crippen LogP contribution in [0.5, 0.6) is 5.75 Å². The van der Waals surface area contributed by atoms with Gasteiger partial charge in [-0.25, -0.2) is 4.98 Å². The largest absolute Gasteiger partial charge is 0.484 e. The number of benzene rings is 1. The van der Waals surface area contributed by atoms with Crippen molar-refractivity contribution in [1.29, 1.82) is 0 Å². The minimum Gasteiger partial charge on any atom is -0.484 e. The van der Waals surface area contributed by atoms with Gasteiger partial charge in [0.25, 0.3) is 5.91 Å². The Hall–Kier alpha value is -2.77. The number of nitrogens with zero attached hydrogens (tertiary/aromatic N) is 2. The van der Waals surface area contributed by atoms with Crippen LogP contribution in [-0.2, 0) is 17.5 Å². The molecule has 1 saturated heterocycles. The molecule has 8 heteroatoms. The normalized spacial score (nSPS) is 14.6. The van der Waals surface area contributed by atoms with E-state index >= 15 is 0 Å². The van der Waals surface area contributed by atoms with E-state index in [0.29, 0.717) is 0 Å². The first kappa shape index (κ1) is 20.0. The standard InChI is InChI=1S/C20H22F3N3O2/c21-20(22,23)16-5-4-6-17(11-16)28-14-19(27)25-13-15-7-8-18(24-12-15)26-9-2-1-3-10-26/h4-8,11-12H,1-3,9-10,13-14H2,(H,25,27). The number of piperidine rings is 1. The molecule has 2 aromatic rings. The number of amides is 1. The molecule has 1 aromatic carbocycles. The molecule has 0 bridgehead atoms. The van der Waals surface area contributed by atoms with Crippen LogP contribution < -0.4 is 15.0 Å². The molecule has 3 rings (SSSR count). The Bertz CT molecular complexity index is 788. The van der Waals surface area contributed by atoms with E-state index in [1.54, 1.807) is 6.20 Å². The van der Waals surface area contributed by atoms with Crippen molar-refractivity contribution >= 4 is 11.7 Å². The van der Waals surface area contributed by atoms with E-state index in [0.717, 1.165) is 36.6 Å². The van der Waals surface area contributed by atoms with Crippen molar-refractivity contribution < 1.29 is 22.7 Å². The maximum Gasteiger partial charge on any atom is 0.416 e. The quantitative estimate of drug-likeness (QED) is 0.812. The van der Waals surface area contributed by atoms with Crippen molar-refractivity contribution in [3.8, 4) is 5.75 Å². The van der Waals surface area contributed by atoms with Gasteiger partial charge in [0.2, 0.25) is 0 Å². The summed E-state index contributed by atoms with van der Waals surface area (Å²) < 4.78 is 43.2. The van der Waals surface area contributed by atoms with Crippen LogP contribution in [0.2, 0.25) is 0 Å². The average Bonchev–Trinajstić information content (AvgIpc) is 2.71. The van der Waals surface area contributed by atoms with Gasteiger partial charge in [-0.1, -0.05) is 12.1 Å². The minimum atomic E-state index is -4.45. The molecule has 0 atom stereocenters. The summed E-state index contributed by atoms with van der Waals surface area (Å²) in [6.07, 6.45) is 0.868. The second-order valence-corrected chi connectivity index (χ2v) is 6.66. The third-order valence-corrected chi connectivity index (χ3v) is 4.51. The maximum atomic E-state index is 12.7. The molecule has 1 aromatic heterocycles. The summed E-state index contributed by atoms with van der Waals surface area (Å²) in [4.78, 5) is 18.6. The van der Waals surface area contributed by atoms with E-state index in [1.165, 1.54) is 31.4 Å². The highest BCUT2D eigenvalue weighted by Gasteiger charge is 2.30. The fraction of sp³-hybridized carbons (Fsp3) is 0.400. The number of ether oxygens (including phenoxy) is 1. The van der Waals surface area contributed by atoms with Crippen LogP contribution >= 0.6 is 0 Å². The predicted octanol–water partition coefficient (Wildman–Crippen LogP) is 3.79. The van der Waals surface area contributed by atoms with E-state index in [9.17, 15) is 18.0 Å². The number of pyridine rings is 1. The Morgan fingerprint density at radius 2 is 1.93 bits per heavy atom. The average molecular weight is 393 g/mol. The van der Waals surface area contributed by atoms with Crippen LogP contribution in [0.15, 0.2) is 42.6 Å². The van der Waals surface area contributed by atoms with Crippen LogP contribution in [0, 0.1) is 0 Å². The third-order valence-electron chi connectivity index (χ3n) is 4.51. The number of nitrogens with one attached hydrogen (secondary N) is 1. The molecule has 0 saturated carbocycles. The smallest absolute Gasteiger partial charge is 0.416 e. The van der Waals surface area contributed by atoms with Gasteiger partial charge >= 0.3 is 6.18 Å². The molecule has 0 radical (unpaired) electrons. The zero-order valence-electron chi connectivity index (χ0n) is 15.3. The summed E-state index contributed by atoms with van der Waals surface area (Å²) in [5, 5.41) is 2.67. The summed E-state index contributed by atoms with van der Waals surface area (Å²) >= 11 is 0. The molecule has 0 spiro atoms. The number of hydrogen-bond donors (Lipinski definition) is 1. The molecule has 0 aliphatic carbocycles. The van der Waals surface area contributed by atoms with Crippen LogP contribution in [-0.4, -0.2) is 30.6 Å². The molecule has 2 heterocycles. The molecule has 1 fully saturated rings. The lowest BCUT2D eigenvalue weighted by Crippen LogP contribution is -2.30. The van der Waals surface area contributed by atoms with E-state index in [2.05, 4.69) is 15.2 Å². The van der Waals surface area contributed by atoms with Crippen LogP contribution in [0.1, 0.15) is 30.4 Å². The van der Waals surface area contributed by atoms with E-state index < -0.39 is 17.6 Å². The SMILES string of the molecule is O=C(COc1cccc(C(F)(F)F)c1)NCc1ccc(N2CCCCC2)nc1. The first-order valence-electron chi connectivity index (χ1n) is 9.18. The Labute approximate surface area is 161 Å². The van der Waals surface area contributed by atoms with Gasteiger partial charge in [0.15, 0.2) is 6.61 Å². The van der Waals surface area contributed by atoms with Crippen molar-refractivity contribution in [2.75, 3.05) is 24.6 Å². The van der Waals surface area contributed by atoms with Gasteiger partial charge in [-0.15, -0.1) is 0 Å². The topological polar surface area (TPSA) is 54.5 Å². The zero-order valence-corrected chi connectivity index (χ0v) is 15.3. The van der Waals surface area contributed by atoms with Crippen molar-refractivity contribution in [2.24, 2.45) is 0 Å². The van der Waals surface area contributed by atoms with E-state index in [1.807, 2.05) is 12.1 Å². The molecule has 1 aliphatic rings. The van der Waals surface area contributed by atoms with Gasteiger partial charge in [0, 0.05) is 25.8 Å². The number of hydrogen-bond acceptors (Lipinski definition) is 4. The lowest BCUT2D eigenvalue weighted by molar-refractivity contribution is -0.137. The Morgan fingerprint density at radius 3 is 2.61 bits per heavy atom. The van der Waals surface area contributed by atoms with Crippen LogP contribution in [0.3, 0.4) is 0 Å². The number of halogens is 3. The molecule has 1 amide bonds. The summed E-state index contributed by atoms with van der Waals surface area (Å²) in [5.41, 5.74) is 0.0263. The highest BCUT2D eigenvalue weighted by molar-refractivity contribution is 5.77. The van der Waals surface area contributed by atoms with Crippen molar-refractivity contribution in [1.82, 2.24) is 10.3 Å². The number of alkyl halides is 3. The van der Waals surface area contributed by atoms with Gasteiger partial charge in [-0.3, -0.25) is 4.79 Å². The summed E-state index contributed by atoms with van der Waals surface area (Å²) in [6.45, 7) is 1.94. The van der Waals surface area contributed by atoms with E-state index in [-0.39, 0.29) is 18.9 Å². The van der Waals surface area contributed by atoms with Crippen LogP contribution in [0.25, 0.3) is 0 Å². The molecule has 5 nitrogen and oxygen atoms in total. The second kappa shape index (κ2) is 8.95. The molecular formula is C20H22F3N3O2. The Balaban J connectivity index is 1.45. The van der Waals surface area contributed by atoms with Gasteiger partial charge in [0.05, 0.1) is 5.56 Å². The number of rotatable bonds is 6. The fourth-order valence-corrected chi connectivity index (χ4v) is 2.99.